The van der Waals surface area contributed by atoms with E-state index in [-0.39, 0.29) is 31.0 Å². The van der Waals surface area contributed by atoms with Crippen LogP contribution in [0.4, 0.5) is 0 Å². The summed E-state index contributed by atoms with van der Waals surface area (Å²) in [5, 5.41) is 10.0. The quantitative estimate of drug-likeness (QED) is 0.808. The van der Waals surface area contributed by atoms with Crippen molar-refractivity contribution in [3.8, 4) is 0 Å². The molecule has 0 unspecified atom stereocenters. The first-order chi connectivity index (χ1) is 12.2. The Labute approximate surface area is 146 Å². The van der Waals surface area contributed by atoms with Gasteiger partial charge in [0.2, 0.25) is 11.8 Å². The first-order valence-corrected chi connectivity index (χ1v) is 8.96. The largest absolute Gasteiger partial charge is 0.396 e. The highest BCUT2D eigenvalue weighted by molar-refractivity contribution is 5.96. The van der Waals surface area contributed by atoms with Gasteiger partial charge in [0.05, 0.1) is 13.1 Å². The lowest BCUT2D eigenvalue weighted by atomic mass is 9.94. The van der Waals surface area contributed by atoms with Gasteiger partial charge in [-0.3, -0.25) is 9.59 Å². The second-order valence-corrected chi connectivity index (χ2v) is 6.91. The summed E-state index contributed by atoms with van der Waals surface area (Å²) >= 11 is 0. The smallest absolute Gasteiger partial charge is 0.246 e. The van der Waals surface area contributed by atoms with Crippen LogP contribution in [-0.2, 0) is 22.6 Å². The average molecular weight is 341 g/mol. The number of nitrogens with one attached hydrogen (secondary N) is 1. The average Bonchev–Trinajstić information content (AvgIpc) is 2.99. The highest BCUT2D eigenvalue weighted by atomic mass is 16.3. The molecule has 1 fully saturated rings. The number of piperazine rings is 1. The highest BCUT2D eigenvalue weighted by Crippen LogP contribution is 2.32. The number of H-pyrrole nitrogens is 1. The fraction of sp³-hybridized carbons (Fsp3) is 0.474. The van der Waals surface area contributed by atoms with Crippen LogP contribution in [0.25, 0.3) is 10.9 Å². The minimum absolute atomic E-state index is 0.0241. The third-order valence-electron chi connectivity index (χ3n) is 5.33. The van der Waals surface area contributed by atoms with Gasteiger partial charge in [0.25, 0.3) is 0 Å². The standard InChI is InChI=1S/C19H23N3O3/c23-9-5-1-4-8-21-12-18(24)22-11-16-14(10-17(22)19(21)25)13-6-2-3-7-15(13)20-16/h2-3,6-7,17,20,23H,1,4-5,8-12H2/t17-/m0/s1. The van der Waals surface area contributed by atoms with E-state index in [9.17, 15) is 9.59 Å². The lowest BCUT2D eigenvalue weighted by Gasteiger charge is -2.42. The van der Waals surface area contributed by atoms with Crippen molar-refractivity contribution in [1.29, 1.82) is 0 Å². The Morgan fingerprint density at radius 2 is 1.96 bits per heavy atom. The first-order valence-electron chi connectivity index (χ1n) is 8.96. The molecule has 132 valence electrons. The number of hydrogen-bond acceptors (Lipinski definition) is 3. The van der Waals surface area contributed by atoms with Gasteiger partial charge in [-0.1, -0.05) is 18.2 Å². The molecule has 3 heterocycles. The molecule has 2 N–H and O–H groups in total. The summed E-state index contributed by atoms with van der Waals surface area (Å²) in [7, 11) is 0. The Hall–Kier alpha value is -2.34. The third-order valence-corrected chi connectivity index (χ3v) is 5.33. The number of aromatic nitrogens is 1. The van der Waals surface area contributed by atoms with Gasteiger partial charge >= 0.3 is 0 Å². The van der Waals surface area contributed by atoms with Gasteiger partial charge in [0, 0.05) is 36.2 Å². The zero-order valence-electron chi connectivity index (χ0n) is 14.2. The molecule has 2 aromatic rings. The lowest BCUT2D eigenvalue weighted by Crippen LogP contribution is -2.61. The molecule has 25 heavy (non-hydrogen) atoms. The molecule has 2 aliphatic heterocycles. The molecule has 4 rings (SSSR count). The molecule has 1 aromatic carbocycles. The van der Waals surface area contributed by atoms with Gasteiger partial charge in [-0.2, -0.15) is 0 Å². The second kappa shape index (κ2) is 6.52. The van der Waals surface area contributed by atoms with Crippen LogP contribution < -0.4 is 0 Å². The van der Waals surface area contributed by atoms with Crippen molar-refractivity contribution < 1.29 is 14.7 Å². The molecule has 6 heteroatoms. The van der Waals surface area contributed by atoms with Crippen LogP contribution in [0.15, 0.2) is 24.3 Å². The molecule has 1 saturated heterocycles. The number of unbranched alkanes of at least 4 members (excludes halogenated alkanes) is 2. The van der Waals surface area contributed by atoms with Gasteiger partial charge in [0.15, 0.2) is 0 Å². The van der Waals surface area contributed by atoms with Crippen molar-refractivity contribution >= 4 is 22.7 Å². The van der Waals surface area contributed by atoms with Gasteiger partial charge in [0.1, 0.15) is 6.04 Å². The van der Waals surface area contributed by atoms with Crippen molar-refractivity contribution in [3.63, 3.8) is 0 Å². The minimum Gasteiger partial charge on any atom is -0.396 e. The van der Waals surface area contributed by atoms with Crippen LogP contribution in [0, 0.1) is 0 Å². The van der Waals surface area contributed by atoms with Crippen LogP contribution >= 0.6 is 0 Å². The summed E-state index contributed by atoms with van der Waals surface area (Å²) in [5.74, 6) is 0.0793. The Kier molecular flexibility index (Phi) is 4.21. The molecule has 1 aromatic heterocycles. The zero-order valence-corrected chi connectivity index (χ0v) is 14.2. The summed E-state index contributed by atoms with van der Waals surface area (Å²) in [6.45, 7) is 1.42. The predicted octanol–water partition coefficient (Wildman–Crippen LogP) is 1.43. The third kappa shape index (κ3) is 2.80. The van der Waals surface area contributed by atoms with Gasteiger partial charge in [-0.05, 0) is 30.9 Å². The van der Waals surface area contributed by atoms with Crippen LogP contribution in [0.1, 0.15) is 30.5 Å². The van der Waals surface area contributed by atoms with E-state index in [1.54, 1.807) is 9.80 Å². The topological polar surface area (TPSA) is 76.6 Å². The molecule has 2 amide bonds. The second-order valence-electron chi connectivity index (χ2n) is 6.91. The number of aliphatic hydroxyl groups is 1. The monoisotopic (exact) mass is 341 g/mol. The van der Waals surface area contributed by atoms with Crippen molar-refractivity contribution in [3.05, 3.63) is 35.5 Å². The number of carbonyl (C=O) groups is 2. The summed E-state index contributed by atoms with van der Waals surface area (Å²) in [6, 6.07) is 7.71. The molecule has 6 nitrogen and oxygen atoms in total. The van der Waals surface area contributed by atoms with E-state index in [1.165, 1.54) is 5.56 Å². The molecule has 0 saturated carbocycles. The first kappa shape index (κ1) is 16.1. The number of para-hydroxylation sites is 1. The number of aromatic amines is 1. The van der Waals surface area contributed by atoms with Crippen molar-refractivity contribution in [2.24, 2.45) is 0 Å². The van der Waals surface area contributed by atoms with E-state index in [0.717, 1.165) is 35.9 Å². The summed E-state index contributed by atoms with van der Waals surface area (Å²) in [6.07, 6.45) is 3.02. The Balaban J connectivity index is 1.56. The Bertz CT molecular complexity index is 813. The van der Waals surface area contributed by atoms with E-state index >= 15 is 0 Å². The number of nitrogens with zero attached hydrogens (tertiary/aromatic N) is 2. The molecule has 1 atom stereocenters. The SMILES string of the molecule is O=C1[C@@H]2Cc3c([nH]c4ccccc34)CN2C(=O)CN1CCCCCO. The molecular formula is C19H23N3O3. The Morgan fingerprint density at radius 1 is 1.12 bits per heavy atom. The van der Waals surface area contributed by atoms with Gasteiger partial charge in [-0.15, -0.1) is 0 Å². The molecule has 2 aliphatic rings. The van der Waals surface area contributed by atoms with Crippen LogP contribution in [0.3, 0.4) is 0 Å². The summed E-state index contributed by atoms with van der Waals surface area (Å²) in [4.78, 5) is 32.3. The fourth-order valence-corrected chi connectivity index (χ4v) is 4.01. The van der Waals surface area contributed by atoms with E-state index in [1.807, 2.05) is 18.2 Å². The Morgan fingerprint density at radius 3 is 2.80 bits per heavy atom. The number of carbonyl (C=O) groups excluding carboxylic acids is 2. The zero-order chi connectivity index (χ0) is 17.4. The number of amides is 2. The minimum atomic E-state index is -0.384. The predicted molar refractivity (Wildman–Crippen MR) is 93.9 cm³/mol. The molecule has 0 spiro atoms. The van der Waals surface area contributed by atoms with Crippen molar-refractivity contribution in [2.75, 3.05) is 19.7 Å². The normalized spacial score (nSPS) is 20.1. The fourth-order valence-electron chi connectivity index (χ4n) is 4.01. The number of aliphatic hydroxyl groups excluding tert-OH is 1. The van der Waals surface area contributed by atoms with E-state index in [2.05, 4.69) is 11.1 Å². The maximum atomic E-state index is 12.9. The molecule has 0 aliphatic carbocycles. The molecule has 0 radical (unpaired) electrons. The number of fused-ring (bicyclic) bond motifs is 4. The maximum Gasteiger partial charge on any atom is 0.246 e. The van der Waals surface area contributed by atoms with E-state index < -0.39 is 0 Å². The van der Waals surface area contributed by atoms with E-state index in [4.69, 9.17) is 5.11 Å². The van der Waals surface area contributed by atoms with Crippen molar-refractivity contribution in [1.82, 2.24) is 14.8 Å². The number of benzene rings is 1. The summed E-state index contributed by atoms with van der Waals surface area (Å²) in [5.41, 5.74) is 3.28. The highest BCUT2D eigenvalue weighted by Gasteiger charge is 2.42. The van der Waals surface area contributed by atoms with Gasteiger partial charge < -0.3 is 19.9 Å². The lowest BCUT2D eigenvalue weighted by molar-refractivity contribution is -0.157. The van der Waals surface area contributed by atoms with Crippen LogP contribution in [0.2, 0.25) is 0 Å². The van der Waals surface area contributed by atoms with E-state index in [0.29, 0.717) is 19.5 Å². The van der Waals surface area contributed by atoms with Gasteiger partial charge in [-0.25, -0.2) is 0 Å². The number of hydrogen-bond donors (Lipinski definition) is 2. The molecule has 0 bridgehead atoms. The van der Waals surface area contributed by atoms with Crippen LogP contribution in [0.5, 0.6) is 0 Å². The number of rotatable bonds is 5. The maximum absolute atomic E-state index is 12.9. The summed E-state index contributed by atoms with van der Waals surface area (Å²) < 4.78 is 0. The van der Waals surface area contributed by atoms with Crippen molar-refractivity contribution in [2.45, 2.75) is 38.3 Å². The van der Waals surface area contributed by atoms with Crippen LogP contribution in [-0.4, -0.2) is 57.4 Å². The molecular weight excluding hydrogens is 318 g/mol.